The number of halogens is 3. The van der Waals surface area contributed by atoms with Crippen molar-refractivity contribution in [2.45, 2.75) is 6.92 Å². The molecule has 0 fully saturated rings. The van der Waals surface area contributed by atoms with Crippen molar-refractivity contribution in [3.05, 3.63) is 35.4 Å². The van der Waals surface area contributed by atoms with Crippen LogP contribution in [0.25, 0.3) is 0 Å². The van der Waals surface area contributed by atoms with Gasteiger partial charge in [0.15, 0.2) is 0 Å². The molecule has 13 heavy (non-hydrogen) atoms. The minimum Gasteiger partial charge on any atom is -0.276 e. The molecule has 0 aromatic heterocycles. The number of hydrogen-bond acceptors (Lipinski definition) is 1. The topological polar surface area (TPSA) is 17.1 Å². The van der Waals surface area contributed by atoms with Gasteiger partial charge < -0.3 is 0 Å². The summed E-state index contributed by atoms with van der Waals surface area (Å²) in [5.41, 5.74) is 1.51. The monoisotopic (exact) mass is 238 g/mol. The predicted molar refractivity (Wildman–Crippen MR) is 57.9 cm³/mol. The number of rotatable bonds is 1. The lowest BCUT2D eigenvalue weighted by Gasteiger charge is -1.96. The van der Waals surface area contributed by atoms with Gasteiger partial charge in [-0.15, -0.1) is 23.2 Å². The largest absolute Gasteiger partial charge is 0.276 e. The van der Waals surface area contributed by atoms with Gasteiger partial charge in [-0.05, 0) is 30.2 Å². The molecule has 0 aliphatic rings. The molecule has 0 aliphatic heterocycles. The number of benzene rings is 1. The molecule has 4 heteroatoms. The highest BCUT2D eigenvalue weighted by molar-refractivity contribution is 6.67. The van der Waals surface area contributed by atoms with Crippen LogP contribution in [-0.4, -0.2) is 10.6 Å². The van der Waals surface area contributed by atoms with Crippen LogP contribution in [0.3, 0.4) is 0 Å². The van der Waals surface area contributed by atoms with Crippen molar-refractivity contribution in [3.63, 3.8) is 0 Å². The molecule has 0 radical (unpaired) electrons. The molecule has 0 amide bonds. The first-order valence-electron chi connectivity index (χ1n) is 3.50. The Labute approximate surface area is 92.6 Å². The third-order valence-corrected chi connectivity index (χ3v) is 1.56. The molecule has 72 valence electrons. The maximum absolute atomic E-state index is 10.6. The summed E-state index contributed by atoms with van der Waals surface area (Å²) in [5, 5.41) is -0.196. The van der Waals surface area contributed by atoms with E-state index in [9.17, 15) is 4.79 Å². The van der Waals surface area contributed by atoms with Gasteiger partial charge in [-0.25, -0.2) is 0 Å². The normalized spacial score (nSPS) is 8.62. The number of carbonyl (C=O) groups is 1. The van der Waals surface area contributed by atoms with E-state index in [1.807, 2.05) is 19.1 Å². The quantitative estimate of drug-likeness (QED) is 0.538. The molecule has 1 aromatic carbocycles. The maximum Gasteiger partial charge on any atom is 0.252 e. The average Bonchev–Trinajstić information content (AvgIpc) is 2.06. The Balaban J connectivity index is 0.000000424. The molecule has 0 unspecified atom stereocenters. The Morgan fingerprint density at radius 3 is 2.08 bits per heavy atom. The molecule has 0 spiro atoms. The molecule has 0 saturated heterocycles. The standard InChI is InChI=1S/C8H7ClO.CH2Cl2/c1-6-4-2-3-5-7(6)8(9)10;2-1-3/h2-5H,1H3;1H2. The molecule has 0 heterocycles. The number of hydrogen-bond donors (Lipinski definition) is 0. The summed E-state index contributed by atoms with van der Waals surface area (Å²) >= 11 is 14.8. The summed E-state index contributed by atoms with van der Waals surface area (Å²) in [6, 6.07) is 7.24. The minimum atomic E-state index is -0.391. The molecule has 0 atom stereocenters. The lowest BCUT2D eigenvalue weighted by molar-refractivity contribution is 0.108. The highest BCUT2D eigenvalue weighted by atomic mass is 35.5. The molecule has 0 N–H and O–H groups in total. The summed E-state index contributed by atoms with van der Waals surface area (Å²) in [5.74, 6) is 0. The van der Waals surface area contributed by atoms with E-state index >= 15 is 0 Å². The van der Waals surface area contributed by atoms with Gasteiger partial charge in [-0.3, -0.25) is 4.79 Å². The Kier molecular flexibility index (Phi) is 7.06. The summed E-state index contributed by atoms with van der Waals surface area (Å²) in [4.78, 5) is 10.6. The van der Waals surface area contributed by atoms with Gasteiger partial charge in [0.1, 0.15) is 0 Å². The second-order valence-electron chi connectivity index (χ2n) is 2.19. The fourth-order valence-corrected chi connectivity index (χ4v) is 1.01. The van der Waals surface area contributed by atoms with Crippen molar-refractivity contribution in [2.24, 2.45) is 0 Å². The van der Waals surface area contributed by atoms with Gasteiger partial charge in [0.25, 0.3) is 5.24 Å². The fraction of sp³-hybridized carbons (Fsp3) is 0.222. The molecule has 1 rings (SSSR count). The molecular formula is C9H9Cl3O. The first-order chi connectivity index (χ1) is 6.13. The van der Waals surface area contributed by atoms with Crippen LogP contribution >= 0.6 is 34.8 Å². The van der Waals surface area contributed by atoms with Crippen LogP contribution in [0.1, 0.15) is 15.9 Å². The van der Waals surface area contributed by atoms with E-state index < -0.39 is 5.24 Å². The van der Waals surface area contributed by atoms with E-state index in [4.69, 9.17) is 34.8 Å². The van der Waals surface area contributed by atoms with Gasteiger partial charge in [-0.2, -0.15) is 0 Å². The Morgan fingerprint density at radius 2 is 1.77 bits per heavy atom. The van der Waals surface area contributed by atoms with Gasteiger partial charge in [0, 0.05) is 5.56 Å². The maximum atomic E-state index is 10.6. The van der Waals surface area contributed by atoms with Crippen LogP contribution in [0.4, 0.5) is 0 Å². The van der Waals surface area contributed by atoms with Gasteiger partial charge >= 0.3 is 0 Å². The molecule has 1 nitrogen and oxygen atoms in total. The van der Waals surface area contributed by atoms with E-state index in [1.165, 1.54) is 0 Å². The smallest absolute Gasteiger partial charge is 0.252 e. The van der Waals surface area contributed by atoms with Gasteiger partial charge in [0.2, 0.25) is 0 Å². The highest BCUT2D eigenvalue weighted by Gasteiger charge is 2.02. The zero-order valence-electron chi connectivity index (χ0n) is 7.06. The van der Waals surface area contributed by atoms with Crippen LogP contribution in [-0.2, 0) is 0 Å². The minimum absolute atomic E-state index is 0.194. The fourth-order valence-electron chi connectivity index (χ4n) is 0.793. The molecule has 1 aromatic rings. The van der Waals surface area contributed by atoms with Crippen molar-refractivity contribution < 1.29 is 4.79 Å². The average molecular weight is 240 g/mol. The van der Waals surface area contributed by atoms with E-state index in [-0.39, 0.29) is 5.34 Å². The number of alkyl halides is 2. The third kappa shape index (κ3) is 5.14. The zero-order chi connectivity index (χ0) is 10.3. The van der Waals surface area contributed by atoms with Crippen molar-refractivity contribution in [1.29, 1.82) is 0 Å². The first kappa shape index (κ1) is 12.8. The highest BCUT2D eigenvalue weighted by Crippen LogP contribution is 2.08. The van der Waals surface area contributed by atoms with Crippen molar-refractivity contribution in [1.82, 2.24) is 0 Å². The van der Waals surface area contributed by atoms with Crippen molar-refractivity contribution in [2.75, 3.05) is 5.34 Å². The Hall–Kier alpha value is -0.240. The lowest BCUT2D eigenvalue weighted by Crippen LogP contribution is -1.90. The Morgan fingerprint density at radius 1 is 1.31 bits per heavy atom. The third-order valence-electron chi connectivity index (χ3n) is 1.36. The Bertz CT molecular complexity index is 273. The molecular weight excluding hydrogens is 230 g/mol. The van der Waals surface area contributed by atoms with Crippen molar-refractivity contribution >= 4 is 40.0 Å². The van der Waals surface area contributed by atoms with Crippen LogP contribution in [0, 0.1) is 6.92 Å². The van der Waals surface area contributed by atoms with E-state index in [2.05, 4.69) is 0 Å². The summed E-state index contributed by atoms with van der Waals surface area (Å²) in [7, 11) is 0. The van der Waals surface area contributed by atoms with Crippen LogP contribution in [0.2, 0.25) is 0 Å². The zero-order valence-corrected chi connectivity index (χ0v) is 9.33. The molecule has 0 bridgehead atoms. The van der Waals surface area contributed by atoms with Crippen LogP contribution < -0.4 is 0 Å². The van der Waals surface area contributed by atoms with E-state index in [0.717, 1.165) is 5.56 Å². The van der Waals surface area contributed by atoms with Gasteiger partial charge in [0.05, 0.1) is 5.34 Å². The summed E-state index contributed by atoms with van der Waals surface area (Å²) in [6.07, 6.45) is 0. The lowest BCUT2D eigenvalue weighted by atomic mass is 10.1. The SMILES string of the molecule is Cc1ccccc1C(=O)Cl.ClCCl. The van der Waals surface area contributed by atoms with Crippen LogP contribution in [0.5, 0.6) is 0 Å². The molecule has 0 aliphatic carbocycles. The number of carbonyl (C=O) groups excluding carboxylic acids is 1. The van der Waals surface area contributed by atoms with E-state index in [0.29, 0.717) is 5.56 Å². The van der Waals surface area contributed by atoms with Crippen molar-refractivity contribution in [3.8, 4) is 0 Å². The van der Waals surface area contributed by atoms with Crippen LogP contribution in [0.15, 0.2) is 24.3 Å². The number of aryl methyl sites for hydroxylation is 1. The van der Waals surface area contributed by atoms with E-state index in [1.54, 1.807) is 12.1 Å². The van der Waals surface area contributed by atoms with Gasteiger partial charge in [-0.1, -0.05) is 18.2 Å². The molecule has 0 saturated carbocycles. The second kappa shape index (κ2) is 7.19. The second-order valence-corrected chi connectivity index (χ2v) is 3.34. The summed E-state index contributed by atoms with van der Waals surface area (Å²) in [6.45, 7) is 1.86. The first-order valence-corrected chi connectivity index (χ1v) is 4.95. The summed E-state index contributed by atoms with van der Waals surface area (Å²) < 4.78 is 0. The predicted octanol–water partition coefficient (Wildman–Crippen LogP) is 3.80.